The fourth-order valence-electron chi connectivity index (χ4n) is 1.75. The van der Waals surface area contributed by atoms with Gasteiger partial charge in [0.1, 0.15) is 5.57 Å². The zero-order chi connectivity index (χ0) is 17.8. The van der Waals surface area contributed by atoms with Crippen molar-refractivity contribution in [1.82, 2.24) is 4.90 Å². The van der Waals surface area contributed by atoms with E-state index in [0.29, 0.717) is 11.3 Å². The molecule has 0 saturated heterocycles. The number of amides is 1. The normalized spacial score (nSPS) is 12.9. The van der Waals surface area contributed by atoms with Gasteiger partial charge in [0.25, 0.3) is 5.91 Å². The lowest BCUT2D eigenvalue weighted by Crippen LogP contribution is -2.20. The van der Waals surface area contributed by atoms with Crippen molar-refractivity contribution in [3.63, 3.8) is 0 Å². The smallest absolute Gasteiger partial charge is 0.416 e. The minimum Gasteiger partial charge on any atom is -0.477 e. The van der Waals surface area contributed by atoms with Crippen LogP contribution in [0.2, 0.25) is 0 Å². The Morgan fingerprint density at radius 1 is 1.13 bits per heavy atom. The van der Waals surface area contributed by atoms with E-state index in [0.717, 1.165) is 18.2 Å². The van der Waals surface area contributed by atoms with Crippen LogP contribution in [0.15, 0.2) is 42.0 Å². The molecule has 0 fully saturated rings. The average molecular weight is 328 g/mol. The van der Waals surface area contributed by atoms with Gasteiger partial charge < -0.3 is 15.7 Å². The van der Waals surface area contributed by atoms with Crippen molar-refractivity contribution in [2.75, 3.05) is 14.1 Å². The topological polar surface area (TPSA) is 83.6 Å². The lowest BCUT2D eigenvalue weighted by atomic mass is 10.1. The summed E-state index contributed by atoms with van der Waals surface area (Å²) in [7, 11) is 3.25. The highest BCUT2D eigenvalue weighted by molar-refractivity contribution is 6.15. The molecule has 23 heavy (non-hydrogen) atoms. The first-order valence-electron chi connectivity index (χ1n) is 6.34. The van der Waals surface area contributed by atoms with Crippen LogP contribution in [0.1, 0.15) is 11.1 Å². The van der Waals surface area contributed by atoms with Crippen molar-refractivity contribution in [2.45, 2.75) is 6.18 Å². The van der Waals surface area contributed by atoms with Gasteiger partial charge in [-0.1, -0.05) is 12.1 Å². The van der Waals surface area contributed by atoms with Crippen LogP contribution in [0.5, 0.6) is 0 Å². The number of hydrogen-bond donors (Lipinski definition) is 2. The zero-order valence-corrected chi connectivity index (χ0v) is 12.4. The summed E-state index contributed by atoms with van der Waals surface area (Å²) in [6, 6.07) is 4.35. The number of halogens is 3. The summed E-state index contributed by atoms with van der Waals surface area (Å²) in [6.45, 7) is 0. The maximum absolute atomic E-state index is 12.6. The number of alkyl halides is 3. The fourth-order valence-corrected chi connectivity index (χ4v) is 1.75. The van der Waals surface area contributed by atoms with Crippen molar-refractivity contribution in [3.05, 3.63) is 53.1 Å². The minimum absolute atomic E-state index is 0.415. The summed E-state index contributed by atoms with van der Waals surface area (Å²) in [5.41, 5.74) is 4.37. The van der Waals surface area contributed by atoms with Crippen LogP contribution in [0.3, 0.4) is 0 Å². The Bertz CT molecular complexity index is 644. The van der Waals surface area contributed by atoms with Crippen LogP contribution in [-0.4, -0.2) is 36.0 Å². The number of nitrogens with zero attached hydrogens (tertiary/aromatic N) is 1. The third-order valence-electron chi connectivity index (χ3n) is 2.89. The molecular formula is C15H15F3N2O3. The number of rotatable bonds is 5. The van der Waals surface area contributed by atoms with Gasteiger partial charge in [0, 0.05) is 19.8 Å². The molecule has 0 bridgehead atoms. The predicted molar refractivity (Wildman–Crippen MR) is 78.0 cm³/mol. The highest BCUT2D eigenvalue weighted by atomic mass is 19.4. The average Bonchev–Trinajstić information content (AvgIpc) is 2.41. The summed E-state index contributed by atoms with van der Waals surface area (Å²) < 4.78 is 37.7. The molecule has 0 radical (unpaired) electrons. The van der Waals surface area contributed by atoms with E-state index in [9.17, 15) is 22.8 Å². The standard InChI is InChI=1S/C15H15F3N2O3/c1-20(2)12(8-7-11(13(19)21)14(22)23)9-3-5-10(6-4-9)15(16,17)18/h3-8H,1-2H3,(H2,19,21)(H,22,23). The van der Waals surface area contributed by atoms with E-state index >= 15 is 0 Å². The number of carboxylic acid groups (broad SMARTS) is 1. The number of aliphatic carboxylic acids is 1. The molecule has 0 spiro atoms. The quantitative estimate of drug-likeness (QED) is 0.375. The van der Waals surface area contributed by atoms with E-state index in [1.165, 1.54) is 18.2 Å². The first kappa shape index (κ1) is 18.3. The number of allylic oxidation sites excluding steroid dienone is 2. The molecule has 124 valence electrons. The molecule has 1 aromatic carbocycles. The molecule has 1 rings (SSSR count). The summed E-state index contributed by atoms with van der Waals surface area (Å²) in [6.07, 6.45) is -2.13. The van der Waals surface area contributed by atoms with Crippen molar-refractivity contribution in [2.24, 2.45) is 5.73 Å². The Labute approximate surface area is 130 Å². The number of carbonyl (C=O) groups is 2. The van der Waals surface area contributed by atoms with Gasteiger partial charge >= 0.3 is 12.1 Å². The van der Waals surface area contributed by atoms with Gasteiger partial charge in [0.05, 0.1) is 5.56 Å². The molecule has 1 aromatic rings. The van der Waals surface area contributed by atoms with E-state index in [2.05, 4.69) is 0 Å². The summed E-state index contributed by atoms with van der Waals surface area (Å²) in [4.78, 5) is 23.5. The van der Waals surface area contributed by atoms with Gasteiger partial charge in [0.2, 0.25) is 0 Å². The highest BCUT2D eigenvalue weighted by Gasteiger charge is 2.30. The van der Waals surface area contributed by atoms with Gasteiger partial charge in [-0.15, -0.1) is 0 Å². The van der Waals surface area contributed by atoms with Crippen molar-refractivity contribution in [1.29, 1.82) is 0 Å². The molecule has 0 aromatic heterocycles. The van der Waals surface area contributed by atoms with Gasteiger partial charge in [-0.2, -0.15) is 13.2 Å². The van der Waals surface area contributed by atoms with Crippen molar-refractivity contribution < 1.29 is 27.9 Å². The van der Waals surface area contributed by atoms with Crippen LogP contribution in [0.4, 0.5) is 13.2 Å². The minimum atomic E-state index is -4.44. The van der Waals surface area contributed by atoms with Crippen LogP contribution >= 0.6 is 0 Å². The largest absolute Gasteiger partial charge is 0.477 e. The Hall–Kier alpha value is -2.77. The summed E-state index contributed by atoms with van der Waals surface area (Å²) in [5.74, 6) is -2.60. The summed E-state index contributed by atoms with van der Waals surface area (Å²) >= 11 is 0. The second-order valence-corrected chi connectivity index (χ2v) is 4.77. The first-order chi connectivity index (χ1) is 10.5. The molecule has 1 amide bonds. The third kappa shape index (κ3) is 4.87. The van der Waals surface area contributed by atoms with Gasteiger partial charge in [0.15, 0.2) is 0 Å². The molecule has 0 aliphatic heterocycles. The second kappa shape index (κ2) is 6.99. The molecule has 0 atom stereocenters. The summed E-state index contributed by atoms with van der Waals surface area (Å²) in [5, 5.41) is 8.85. The second-order valence-electron chi connectivity index (χ2n) is 4.77. The Morgan fingerprint density at radius 3 is 2.00 bits per heavy atom. The zero-order valence-electron chi connectivity index (χ0n) is 12.4. The SMILES string of the molecule is CN(C)C(=CC=C(C(N)=O)C(=O)O)c1ccc(C(F)(F)F)cc1. The molecule has 3 N–H and O–H groups in total. The molecular weight excluding hydrogens is 313 g/mol. The van der Waals surface area contributed by atoms with E-state index < -0.39 is 29.2 Å². The molecule has 8 heteroatoms. The predicted octanol–water partition coefficient (Wildman–Crippen LogP) is 2.10. The maximum atomic E-state index is 12.6. The van der Waals surface area contributed by atoms with Crippen LogP contribution in [0.25, 0.3) is 5.70 Å². The lowest BCUT2D eigenvalue weighted by molar-refractivity contribution is -0.138. The Morgan fingerprint density at radius 2 is 1.65 bits per heavy atom. The number of carbonyl (C=O) groups excluding carboxylic acids is 1. The van der Waals surface area contributed by atoms with E-state index in [1.54, 1.807) is 19.0 Å². The molecule has 5 nitrogen and oxygen atoms in total. The fraction of sp³-hybridized carbons (Fsp3) is 0.200. The molecule has 0 aliphatic carbocycles. The van der Waals surface area contributed by atoms with Crippen LogP contribution in [0, 0.1) is 0 Å². The lowest BCUT2D eigenvalue weighted by Gasteiger charge is -2.18. The first-order valence-corrected chi connectivity index (χ1v) is 6.34. The number of hydrogen-bond acceptors (Lipinski definition) is 3. The van der Waals surface area contributed by atoms with Gasteiger partial charge in [-0.25, -0.2) is 4.79 Å². The van der Waals surface area contributed by atoms with Gasteiger partial charge in [-0.3, -0.25) is 4.79 Å². The van der Waals surface area contributed by atoms with Crippen molar-refractivity contribution in [3.8, 4) is 0 Å². The Kier molecular flexibility index (Phi) is 5.56. The number of carboxylic acids is 1. The molecule has 0 aliphatic rings. The van der Waals surface area contributed by atoms with E-state index in [-0.39, 0.29) is 0 Å². The number of nitrogens with two attached hydrogens (primary N) is 1. The third-order valence-corrected chi connectivity index (χ3v) is 2.89. The van der Waals surface area contributed by atoms with Crippen LogP contribution < -0.4 is 5.73 Å². The van der Waals surface area contributed by atoms with Gasteiger partial charge in [-0.05, 0) is 29.8 Å². The molecule has 0 heterocycles. The van der Waals surface area contributed by atoms with Crippen LogP contribution in [-0.2, 0) is 15.8 Å². The molecule has 0 saturated carbocycles. The number of benzene rings is 1. The molecule has 0 unspecified atom stereocenters. The maximum Gasteiger partial charge on any atom is 0.416 e. The Balaban J connectivity index is 3.27. The highest BCUT2D eigenvalue weighted by Crippen LogP contribution is 2.30. The monoisotopic (exact) mass is 328 g/mol. The van der Waals surface area contributed by atoms with E-state index in [1.807, 2.05) is 0 Å². The number of primary amides is 1. The van der Waals surface area contributed by atoms with Crippen molar-refractivity contribution >= 4 is 17.6 Å². The van der Waals surface area contributed by atoms with E-state index in [4.69, 9.17) is 10.8 Å².